The molecule has 0 fully saturated rings. The highest BCUT2D eigenvalue weighted by Crippen LogP contribution is 2.24. The van der Waals surface area contributed by atoms with E-state index in [9.17, 15) is 26.8 Å². The summed E-state index contributed by atoms with van der Waals surface area (Å²) in [5.74, 6) is -2.07. The van der Waals surface area contributed by atoms with Crippen LogP contribution in [0.5, 0.6) is 0 Å². The van der Waals surface area contributed by atoms with Gasteiger partial charge in [0.1, 0.15) is 11.6 Å². The Morgan fingerprint density at radius 2 is 1.60 bits per heavy atom. The molecular weight excluding hydrogens is 474 g/mol. The molecule has 0 radical (unpaired) electrons. The van der Waals surface area contributed by atoms with Crippen molar-refractivity contribution in [2.45, 2.75) is 31.2 Å². The number of hydrogen-bond donors (Lipinski definition) is 1. The summed E-state index contributed by atoms with van der Waals surface area (Å²) in [6, 6.07) is 15.0. The van der Waals surface area contributed by atoms with Crippen molar-refractivity contribution >= 4 is 27.3 Å². The first-order valence-corrected chi connectivity index (χ1v) is 12.6. The minimum Gasteiger partial charge on any atom is -0.335 e. The highest BCUT2D eigenvalue weighted by atomic mass is 32.2. The molecule has 1 atom stereocenters. The molecule has 1 N–H and O–H groups in total. The molecule has 0 bridgehead atoms. The Morgan fingerprint density at radius 3 is 2.17 bits per heavy atom. The van der Waals surface area contributed by atoms with Crippen LogP contribution in [0.25, 0.3) is 0 Å². The van der Waals surface area contributed by atoms with E-state index in [4.69, 9.17) is 0 Å². The summed E-state index contributed by atoms with van der Waals surface area (Å²) in [6.07, 6.45) is 0.0522. The van der Waals surface area contributed by atoms with Gasteiger partial charge in [-0.3, -0.25) is 9.59 Å². The van der Waals surface area contributed by atoms with Crippen LogP contribution in [0.2, 0.25) is 0 Å². The zero-order valence-electron chi connectivity index (χ0n) is 19.6. The molecule has 9 heteroatoms. The Kier molecular flexibility index (Phi) is 8.01. The van der Waals surface area contributed by atoms with Crippen LogP contribution < -0.4 is 5.32 Å². The Labute approximate surface area is 203 Å². The molecule has 3 rings (SSSR count). The standard InChI is InChI=1S/C26H26F2N2O4S/c1-4-35(33,34)22-12-5-18(6-13-22)15-25(31)29-21-10-7-19(8-11-21)26(32)30(3)17(2)23-14-9-20(27)16-24(23)28/h5-14,16-17H,4,15H2,1-3H3,(H,29,31)/t17-/m1/s1. The van der Waals surface area contributed by atoms with Gasteiger partial charge in [-0.15, -0.1) is 0 Å². The van der Waals surface area contributed by atoms with E-state index < -0.39 is 27.5 Å². The van der Waals surface area contributed by atoms with Crippen LogP contribution in [0, 0.1) is 11.6 Å². The van der Waals surface area contributed by atoms with Gasteiger partial charge in [0, 0.05) is 29.9 Å². The molecule has 35 heavy (non-hydrogen) atoms. The van der Waals surface area contributed by atoms with Gasteiger partial charge < -0.3 is 10.2 Å². The number of nitrogens with zero attached hydrogens (tertiary/aromatic N) is 1. The fraction of sp³-hybridized carbons (Fsp3) is 0.231. The average molecular weight is 501 g/mol. The second-order valence-corrected chi connectivity index (χ2v) is 10.4. The monoisotopic (exact) mass is 500 g/mol. The second-order valence-electron chi connectivity index (χ2n) is 8.11. The van der Waals surface area contributed by atoms with Gasteiger partial charge in [-0.05, 0) is 55.0 Å². The van der Waals surface area contributed by atoms with Crippen LogP contribution in [0.1, 0.15) is 41.4 Å². The third-order valence-corrected chi connectivity index (χ3v) is 7.51. The van der Waals surface area contributed by atoms with Crippen LogP contribution in [0.15, 0.2) is 71.6 Å². The molecule has 0 saturated carbocycles. The number of amides is 2. The number of carbonyl (C=O) groups is 2. The topological polar surface area (TPSA) is 83.5 Å². The van der Waals surface area contributed by atoms with E-state index >= 15 is 0 Å². The van der Waals surface area contributed by atoms with E-state index in [1.165, 1.54) is 30.1 Å². The summed E-state index contributed by atoms with van der Waals surface area (Å²) >= 11 is 0. The number of hydrogen-bond acceptors (Lipinski definition) is 4. The summed E-state index contributed by atoms with van der Waals surface area (Å²) in [5, 5.41) is 2.74. The van der Waals surface area contributed by atoms with Gasteiger partial charge in [0.25, 0.3) is 5.91 Å². The minimum atomic E-state index is -3.30. The van der Waals surface area contributed by atoms with Gasteiger partial charge in [-0.1, -0.05) is 25.1 Å². The van der Waals surface area contributed by atoms with Gasteiger partial charge in [0.05, 0.1) is 23.1 Å². The number of sulfone groups is 1. The van der Waals surface area contributed by atoms with Crippen molar-refractivity contribution in [1.29, 1.82) is 0 Å². The molecule has 0 heterocycles. The predicted molar refractivity (Wildman–Crippen MR) is 130 cm³/mol. The van der Waals surface area contributed by atoms with Crippen LogP contribution >= 0.6 is 0 Å². The van der Waals surface area contributed by atoms with Crippen molar-refractivity contribution in [2.24, 2.45) is 0 Å². The van der Waals surface area contributed by atoms with Crippen molar-refractivity contribution in [3.05, 3.63) is 95.1 Å². The first-order valence-electron chi connectivity index (χ1n) is 11.0. The Morgan fingerprint density at radius 1 is 0.971 bits per heavy atom. The first-order chi connectivity index (χ1) is 16.5. The molecule has 3 aromatic carbocycles. The van der Waals surface area contributed by atoms with E-state index in [0.717, 1.165) is 12.1 Å². The van der Waals surface area contributed by atoms with E-state index in [0.29, 0.717) is 16.8 Å². The highest BCUT2D eigenvalue weighted by molar-refractivity contribution is 7.91. The lowest BCUT2D eigenvalue weighted by Crippen LogP contribution is -2.30. The van der Waals surface area contributed by atoms with Crippen LogP contribution in [-0.4, -0.2) is 37.9 Å². The second kappa shape index (κ2) is 10.8. The molecule has 3 aromatic rings. The quantitative estimate of drug-likeness (QED) is 0.483. The van der Waals surface area contributed by atoms with E-state index in [-0.39, 0.29) is 34.4 Å². The van der Waals surface area contributed by atoms with E-state index in [1.54, 1.807) is 50.2 Å². The summed E-state index contributed by atoms with van der Waals surface area (Å²) in [5.41, 5.74) is 1.68. The highest BCUT2D eigenvalue weighted by Gasteiger charge is 2.22. The summed E-state index contributed by atoms with van der Waals surface area (Å²) in [4.78, 5) is 26.8. The maximum absolute atomic E-state index is 14.1. The normalized spacial score (nSPS) is 12.1. The zero-order valence-corrected chi connectivity index (χ0v) is 20.4. The van der Waals surface area contributed by atoms with E-state index in [1.807, 2.05) is 0 Å². The SMILES string of the molecule is CCS(=O)(=O)c1ccc(CC(=O)Nc2ccc(C(=O)N(C)[C@H](C)c3ccc(F)cc3F)cc2)cc1. The molecule has 0 unspecified atom stereocenters. The number of carbonyl (C=O) groups excluding carboxylic acids is 2. The third kappa shape index (κ3) is 6.30. The van der Waals surface area contributed by atoms with Crippen LogP contribution in [0.3, 0.4) is 0 Å². The Hall–Kier alpha value is -3.59. The van der Waals surface area contributed by atoms with Crippen LogP contribution in [-0.2, 0) is 21.1 Å². The summed E-state index contributed by atoms with van der Waals surface area (Å²) < 4.78 is 51.1. The fourth-order valence-corrected chi connectivity index (χ4v) is 4.38. The van der Waals surface area contributed by atoms with Gasteiger partial charge in [0.2, 0.25) is 5.91 Å². The number of halogens is 2. The van der Waals surface area contributed by atoms with Gasteiger partial charge >= 0.3 is 0 Å². The van der Waals surface area contributed by atoms with Crippen molar-refractivity contribution in [1.82, 2.24) is 4.90 Å². The van der Waals surface area contributed by atoms with Gasteiger partial charge in [-0.25, -0.2) is 17.2 Å². The number of rotatable bonds is 8. The summed E-state index contributed by atoms with van der Waals surface area (Å²) in [7, 11) is -1.77. The average Bonchev–Trinajstić information content (AvgIpc) is 2.83. The zero-order chi connectivity index (χ0) is 25.8. The Balaban J connectivity index is 1.62. The maximum Gasteiger partial charge on any atom is 0.254 e. The maximum atomic E-state index is 14.1. The molecule has 184 valence electrons. The molecule has 0 aliphatic carbocycles. The first kappa shape index (κ1) is 26.0. The minimum absolute atomic E-state index is 0.00314. The predicted octanol–water partition coefficient (Wildman–Crippen LogP) is 4.77. The molecule has 0 aromatic heterocycles. The van der Waals surface area contributed by atoms with Crippen molar-refractivity contribution in [3.63, 3.8) is 0 Å². The van der Waals surface area contributed by atoms with E-state index in [2.05, 4.69) is 5.32 Å². The Bertz CT molecular complexity index is 1320. The molecule has 0 aliphatic heterocycles. The molecule has 6 nitrogen and oxygen atoms in total. The summed E-state index contributed by atoms with van der Waals surface area (Å²) in [6.45, 7) is 3.21. The molecule has 0 spiro atoms. The van der Waals surface area contributed by atoms with Gasteiger partial charge in [0.15, 0.2) is 9.84 Å². The smallest absolute Gasteiger partial charge is 0.254 e. The largest absolute Gasteiger partial charge is 0.335 e. The molecule has 0 saturated heterocycles. The van der Waals surface area contributed by atoms with Crippen molar-refractivity contribution in [3.8, 4) is 0 Å². The fourth-order valence-electron chi connectivity index (χ4n) is 3.50. The molecular formula is C26H26F2N2O4S. The van der Waals surface area contributed by atoms with Crippen molar-refractivity contribution < 1.29 is 26.8 Å². The molecule has 0 aliphatic rings. The number of benzene rings is 3. The lowest BCUT2D eigenvalue weighted by molar-refractivity contribution is -0.115. The van der Waals surface area contributed by atoms with Gasteiger partial charge in [-0.2, -0.15) is 0 Å². The lowest BCUT2D eigenvalue weighted by atomic mass is 10.1. The van der Waals surface area contributed by atoms with Crippen LogP contribution in [0.4, 0.5) is 14.5 Å². The number of nitrogens with one attached hydrogen (secondary N) is 1. The lowest BCUT2D eigenvalue weighted by Gasteiger charge is -2.26. The molecule has 2 amide bonds. The number of anilines is 1. The third-order valence-electron chi connectivity index (χ3n) is 5.76. The van der Waals surface area contributed by atoms with Crippen molar-refractivity contribution in [2.75, 3.05) is 18.1 Å².